The Bertz CT molecular complexity index is 943. The van der Waals surface area contributed by atoms with Crippen molar-refractivity contribution in [1.82, 2.24) is 0 Å². The van der Waals surface area contributed by atoms with Gasteiger partial charge in [0, 0.05) is 11.8 Å². The molecule has 0 bridgehead atoms. The summed E-state index contributed by atoms with van der Waals surface area (Å²) in [5, 5.41) is 7.54. The van der Waals surface area contributed by atoms with Crippen molar-refractivity contribution in [2.75, 3.05) is 12.4 Å². The maximum atomic E-state index is 11.9. The number of hydrogen-bond donors (Lipinski definition) is 2. The normalized spacial score (nSPS) is 11.5. The fourth-order valence-electron chi connectivity index (χ4n) is 1.99. The molecule has 0 saturated heterocycles. The van der Waals surface area contributed by atoms with Gasteiger partial charge in [-0.3, -0.25) is 4.79 Å². The number of carbonyl (C=O) groups excluding carboxylic acids is 2. The van der Waals surface area contributed by atoms with E-state index in [0.717, 1.165) is 0 Å². The number of anilines is 1. The lowest BCUT2D eigenvalue weighted by Crippen LogP contribution is -2.13. The Kier molecular flexibility index (Phi) is 5.40. The van der Waals surface area contributed by atoms with Crippen LogP contribution in [0.25, 0.3) is 6.08 Å². The van der Waals surface area contributed by atoms with Crippen molar-refractivity contribution in [3.63, 3.8) is 0 Å². The number of carbonyl (C=O) groups is 2. The average molecular weight is 364 g/mol. The molecular formula is C16H16N2O6S. The highest BCUT2D eigenvalue weighted by atomic mass is 32.2. The van der Waals surface area contributed by atoms with Crippen molar-refractivity contribution in [3.05, 3.63) is 53.5 Å². The number of nitrogens with one attached hydrogen (secondary N) is 1. The molecule has 0 radical (unpaired) electrons. The molecule has 1 heterocycles. The van der Waals surface area contributed by atoms with Crippen LogP contribution in [-0.4, -0.2) is 27.4 Å². The van der Waals surface area contributed by atoms with Crippen LogP contribution >= 0.6 is 0 Å². The predicted octanol–water partition coefficient (Wildman–Crippen LogP) is 1.67. The van der Waals surface area contributed by atoms with Crippen molar-refractivity contribution >= 4 is 33.7 Å². The van der Waals surface area contributed by atoms with Crippen molar-refractivity contribution in [3.8, 4) is 0 Å². The number of furan rings is 1. The topological polar surface area (TPSA) is 129 Å². The third-order valence-electron chi connectivity index (χ3n) is 3.17. The highest BCUT2D eigenvalue weighted by Crippen LogP contribution is 2.17. The molecule has 0 unspecified atom stereocenters. The number of primary sulfonamides is 1. The van der Waals surface area contributed by atoms with E-state index in [0.29, 0.717) is 11.5 Å². The molecule has 0 spiro atoms. The summed E-state index contributed by atoms with van der Waals surface area (Å²) in [4.78, 5) is 23.3. The molecule has 2 rings (SSSR count). The molecule has 25 heavy (non-hydrogen) atoms. The molecule has 0 aliphatic carbocycles. The van der Waals surface area contributed by atoms with Crippen molar-refractivity contribution < 1.29 is 27.2 Å². The summed E-state index contributed by atoms with van der Waals surface area (Å²) in [5.74, 6) is -0.385. The zero-order valence-electron chi connectivity index (χ0n) is 13.5. The van der Waals surface area contributed by atoms with Gasteiger partial charge < -0.3 is 14.5 Å². The third-order valence-corrected chi connectivity index (χ3v) is 4.08. The van der Waals surface area contributed by atoms with Crippen LogP contribution in [0.3, 0.4) is 0 Å². The molecule has 0 saturated carbocycles. The number of esters is 1. The van der Waals surface area contributed by atoms with E-state index >= 15 is 0 Å². The lowest BCUT2D eigenvalue weighted by Gasteiger charge is -2.04. The van der Waals surface area contributed by atoms with E-state index in [4.69, 9.17) is 9.56 Å². The minimum atomic E-state index is -3.86. The quantitative estimate of drug-likeness (QED) is 0.613. The number of hydrogen-bond acceptors (Lipinski definition) is 6. The smallest absolute Gasteiger partial charge is 0.341 e. The zero-order valence-corrected chi connectivity index (χ0v) is 14.3. The van der Waals surface area contributed by atoms with Crippen molar-refractivity contribution in [2.24, 2.45) is 5.14 Å². The molecule has 3 N–H and O–H groups in total. The number of sulfonamides is 1. The number of benzene rings is 1. The van der Waals surface area contributed by atoms with E-state index in [-0.39, 0.29) is 16.1 Å². The maximum Gasteiger partial charge on any atom is 0.341 e. The first-order chi connectivity index (χ1) is 11.7. The lowest BCUT2D eigenvalue weighted by molar-refractivity contribution is -0.111. The van der Waals surface area contributed by atoms with Gasteiger partial charge in [-0.25, -0.2) is 18.4 Å². The fraction of sp³-hybridized carbons (Fsp3) is 0.125. The molecule has 2 aromatic rings. The molecule has 0 aliphatic rings. The zero-order chi connectivity index (χ0) is 18.6. The molecule has 132 valence electrons. The summed E-state index contributed by atoms with van der Waals surface area (Å²) in [6.07, 6.45) is 2.56. The van der Waals surface area contributed by atoms with Crippen LogP contribution in [0.4, 0.5) is 5.69 Å². The third kappa shape index (κ3) is 4.78. The van der Waals surface area contributed by atoms with Gasteiger partial charge in [-0.2, -0.15) is 0 Å². The Labute approximate surface area is 144 Å². The van der Waals surface area contributed by atoms with Crippen molar-refractivity contribution in [2.45, 2.75) is 11.8 Å². The molecular weight excluding hydrogens is 348 g/mol. The predicted molar refractivity (Wildman–Crippen MR) is 90.3 cm³/mol. The molecule has 1 aromatic heterocycles. The van der Waals surface area contributed by atoms with Gasteiger partial charge in [0.05, 0.1) is 12.0 Å². The Hall–Kier alpha value is -2.91. The van der Waals surface area contributed by atoms with Crippen LogP contribution in [0, 0.1) is 6.92 Å². The summed E-state index contributed by atoms with van der Waals surface area (Å²) in [5.41, 5.74) is 0.537. The van der Waals surface area contributed by atoms with Gasteiger partial charge >= 0.3 is 5.97 Å². The fourth-order valence-corrected chi connectivity index (χ4v) is 2.55. The summed E-state index contributed by atoms with van der Waals surface area (Å²) < 4.78 is 32.5. The largest absolute Gasteiger partial charge is 0.465 e. The lowest BCUT2D eigenvalue weighted by atomic mass is 10.2. The molecule has 0 atom stereocenters. The first-order valence-electron chi connectivity index (χ1n) is 7.01. The number of aryl methyl sites for hydroxylation is 1. The highest BCUT2D eigenvalue weighted by molar-refractivity contribution is 7.89. The molecule has 9 heteroatoms. The van der Waals surface area contributed by atoms with E-state index in [1.54, 1.807) is 6.92 Å². The van der Waals surface area contributed by atoms with Crippen molar-refractivity contribution in [1.29, 1.82) is 0 Å². The maximum absolute atomic E-state index is 11.9. The summed E-state index contributed by atoms with van der Waals surface area (Å²) in [7, 11) is -2.60. The average Bonchev–Trinajstić information content (AvgIpc) is 2.92. The standard InChI is InChI=1S/C16H16N2O6S/c1-10-14(16(20)23-2)9-12(24-10)6-7-15(19)18-11-4-3-5-13(8-11)25(17,21)22/h3-9H,1-2H3,(H,18,19)(H2,17,21,22)/b7-6+. The van der Waals surface area contributed by atoms with Crippen LogP contribution in [-0.2, 0) is 19.6 Å². The monoisotopic (exact) mass is 364 g/mol. The van der Waals surface area contributed by atoms with Gasteiger partial charge in [-0.15, -0.1) is 0 Å². The SMILES string of the molecule is COC(=O)c1cc(/C=C/C(=O)Nc2cccc(S(N)(=O)=O)c2)oc1C. The second kappa shape index (κ2) is 7.32. The van der Waals surface area contributed by atoms with Gasteiger partial charge in [-0.1, -0.05) is 6.07 Å². The van der Waals surface area contributed by atoms with Crippen LogP contribution in [0.15, 0.2) is 45.7 Å². The van der Waals surface area contributed by atoms with Crippen LogP contribution in [0.1, 0.15) is 21.9 Å². The van der Waals surface area contributed by atoms with Crippen LogP contribution in [0.5, 0.6) is 0 Å². The van der Waals surface area contributed by atoms with Gasteiger partial charge in [0.15, 0.2) is 0 Å². The van der Waals surface area contributed by atoms with Gasteiger partial charge in [0.2, 0.25) is 15.9 Å². The van der Waals surface area contributed by atoms with Gasteiger partial charge in [-0.05, 0) is 37.3 Å². The number of nitrogens with two attached hydrogens (primary N) is 1. The highest BCUT2D eigenvalue weighted by Gasteiger charge is 2.14. The van der Waals surface area contributed by atoms with Gasteiger partial charge in [0.25, 0.3) is 0 Å². The second-order valence-electron chi connectivity index (χ2n) is 5.01. The number of methoxy groups -OCH3 is 1. The minimum Gasteiger partial charge on any atom is -0.465 e. The second-order valence-corrected chi connectivity index (χ2v) is 6.57. The summed E-state index contributed by atoms with van der Waals surface area (Å²) in [6, 6.07) is 6.99. The molecule has 0 fully saturated rings. The Morgan fingerprint density at radius 1 is 1.28 bits per heavy atom. The molecule has 1 amide bonds. The first-order valence-corrected chi connectivity index (χ1v) is 8.56. The Morgan fingerprint density at radius 3 is 2.64 bits per heavy atom. The number of rotatable bonds is 5. The molecule has 8 nitrogen and oxygen atoms in total. The van der Waals surface area contributed by atoms with E-state index < -0.39 is 21.9 Å². The van der Waals surface area contributed by atoms with Crippen LogP contribution < -0.4 is 10.5 Å². The van der Waals surface area contributed by atoms with E-state index in [2.05, 4.69) is 10.1 Å². The first kappa shape index (κ1) is 18.4. The van der Waals surface area contributed by atoms with E-state index in [1.165, 1.54) is 49.6 Å². The molecule has 1 aromatic carbocycles. The minimum absolute atomic E-state index is 0.112. The van der Waals surface area contributed by atoms with E-state index in [9.17, 15) is 18.0 Å². The van der Waals surface area contributed by atoms with E-state index in [1.807, 2.05) is 0 Å². The number of amides is 1. The van der Waals surface area contributed by atoms with Crippen LogP contribution in [0.2, 0.25) is 0 Å². The summed E-state index contributed by atoms with van der Waals surface area (Å²) >= 11 is 0. The Morgan fingerprint density at radius 2 is 2.00 bits per heavy atom. The summed E-state index contributed by atoms with van der Waals surface area (Å²) in [6.45, 7) is 1.60. The van der Waals surface area contributed by atoms with Gasteiger partial charge in [0.1, 0.15) is 17.1 Å². The number of ether oxygens (including phenoxy) is 1. The molecule has 0 aliphatic heterocycles. The Balaban J connectivity index is 2.10.